The average Bonchev–Trinajstić information content (AvgIpc) is 2.64. The van der Waals surface area contributed by atoms with Crippen LogP contribution in [0.1, 0.15) is 56.6 Å². The Balaban J connectivity index is 1.67. The van der Waals surface area contributed by atoms with Crippen LogP contribution in [-0.4, -0.2) is 10.9 Å². The summed E-state index contributed by atoms with van der Waals surface area (Å²) in [5.74, 6) is 0.933. The molecule has 1 heteroatoms. The summed E-state index contributed by atoms with van der Waals surface area (Å²) >= 11 is 0. The fourth-order valence-corrected chi connectivity index (χ4v) is 4.06. The van der Waals surface area contributed by atoms with Crippen LogP contribution in [0.25, 0.3) is 0 Å². The van der Waals surface area contributed by atoms with Crippen molar-refractivity contribution in [1.82, 2.24) is 4.90 Å². The van der Waals surface area contributed by atoms with Gasteiger partial charge in [-0.3, -0.25) is 4.90 Å². The minimum atomic E-state index is 0.633. The van der Waals surface area contributed by atoms with E-state index < -0.39 is 0 Å². The van der Waals surface area contributed by atoms with Crippen molar-refractivity contribution in [3.63, 3.8) is 0 Å². The van der Waals surface area contributed by atoms with Crippen molar-refractivity contribution >= 4 is 0 Å². The van der Waals surface area contributed by atoms with Crippen molar-refractivity contribution < 1.29 is 0 Å². The van der Waals surface area contributed by atoms with Gasteiger partial charge in [-0.05, 0) is 30.4 Å². The van der Waals surface area contributed by atoms with Crippen LogP contribution in [0.4, 0.5) is 0 Å². The van der Waals surface area contributed by atoms with Crippen molar-refractivity contribution in [3.8, 4) is 0 Å². The highest BCUT2D eigenvalue weighted by molar-refractivity contribution is 5.17. The first-order valence-electron chi connectivity index (χ1n) is 9.63. The fourth-order valence-electron chi connectivity index (χ4n) is 4.06. The molecule has 1 atom stereocenters. The van der Waals surface area contributed by atoms with Crippen LogP contribution >= 0.6 is 0 Å². The first kappa shape index (κ1) is 17.2. The van der Waals surface area contributed by atoms with Crippen molar-refractivity contribution in [1.29, 1.82) is 0 Å². The molecule has 2 aromatic rings. The number of benzene rings is 2. The summed E-state index contributed by atoms with van der Waals surface area (Å²) < 4.78 is 0. The van der Waals surface area contributed by atoms with Gasteiger partial charge in [-0.15, -0.1) is 0 Å². The Morgan fingerprint density at radius 1 is 0.792 bits per heavy atom. The Hall–Kier alpha value is -1.60. The predicted octanol–water partition coefficient (Wildman–Crippen LogP) is 6.05. The highest BCUT2D eigenvalue weighted by atomic mass is 15.1. The Morgan fingerprint density at radius 3 is 1.79 bits per heavy atom. The zero-order chi connectivity index (χ0) is 16.6. The molecule has 0 saturated heterocycles. The Morgan fingerprint density at radius 2 is 1.29 bits per heavy atom. The molecular formula is C23H31N. The molecule has 3 rings (SSSR count). The summed E-state index contributed by atoms with van der Waals surface area (Å²) in [6, 6.07) is 22.5. The van der Waals surface area contributed by atoms with Gasteiger partial charge in [-0.2, -0.15) is 0 Å². The van der Waals surface area contributed by atoms with E-state index >= 15 is 0 Å². The molecule has 1 fully saturated rings. The summed E-state index contributed by atoms with van der Waals surface area (Å²) in [7, 11) is 0. The van der Waals surface area contributed by atoms with Crippen molar-refractivity contribution in [2.45, 2.75) is 64.6 Å². The molecular weight excluding hydrogens is 290 g/mol. The molecule has 24 heavy (non-hydrogen) atoms. The van der Waals surface area contributed by atoms with Crippen molar-refractivity contribution in [2.75, 3.05) is 0 Å². The van der Waals surface area contributed by atoms with Gasteiger partial charge in [0.25, 0.3) is 0 Å². The minimum Gasteiger partial charge on any atom is -0.292 e. The molecule has 2 aromatic carbocycles. The van der Waals surface area contributed by atoms with E-state index in [4.69, 9.17) is 0 Å². The van der Waals surface area contributed by atoms with Crippen LogP contribution in [0.3, 0.4) is 0 Å². The second-order valence-electron chi connectivity index (χ2n) is 7.46. The van der Waals surface area contributed by atoms with Gasteiger partial charge in [0.1, 0.15) is 0 Å². The monoisotopic (exact) mass is 321 g/mol. The lowest BCUT2D eigenvalue weighted by Crippen LogP contribution is -2.34. The van der Waals surface area contributed by atoms with Crippen LogP contribution in [-0.2, 0) is 13.1 Å². The van der Waals surface area contributed by atoms with Crippen LogP contribution in [0.15, 0.2) is 60.7 Å². The maximum atomic E-state index is 2.67. The SMILES string of the molecule is C[C@@H](CC1CCCCC1)N(Cc1ccccc1)Cc1ccccc1. The quantitative estimate of drug-likeness (QED) is 0.600. The van der Waals surface area contributed by atoms with Gasteiger partial charge < -0.3 is 0 Å². The predicted molar refractivity (Wildman–Crippen MR) is 103 cm³/mol. The lowest BCUT2D eigenvalue weighted by Gasteiger charge is -2.33. The third kappa shape index (κ3) is 5.21. The molecule has 0 bridgehead atoms. The van der Waals surface area contributed by atoms with E-state index in [2.05, 4.69) is 72.5 Å². The molecule has 0 amide bonds. The standard InChI is InChI=1S/C23H31N/c1-20(17-21-11-5-2-6-12-21)24(18-22-13-7-3-8-14-22)19-23-15-9-4-10-16-23/h3-4,7-10,13-16,20-21H,2,5-6,11-12,17-19H2,1H3/t20-/m0/s1. The molecule has 1 aliphatic rings. The summed E-state index contributed by atoms with van der Waals surface area (Å²) in [6.45, 7) is 4.52. The largest absolute Gasteiger partial charge is 0.292 e. The molecule has 0 aromatic heterocycles. The van der Waals surface area contributed by atoms with Crippen molar-refractivity contribution in [3.05, 3.63) is 71.8 Å². The van der Waals surface area contributed by atoms with Crippen LogP contribution in [0.5, 0.6) is 0 Å². The van der Waals surface area contributed by atoms with E-state index in [1.54, 1.807) is 0 Å². The van der Waals surface area contributed by atoms with Gasteiger partial charge in [0.05, 0.1) is 0 Å². The van der Waals surface area contributed by atoms with E-state index in [0.29, 0.717) is 6.04 Å². The first-order chi connectivity index (χ1) is 11.8. The third-order valence-electron chi connectivity index (χ3n) is 5.48. The normalized spacial score (nSPS) is 17.1. The molecule has 128 valence electrons. The van der Waals surface area contributed by atoms with Gasteiger partial charge in [0.15, 0.2) is 0 Å². The molecule has 0 heterocycles. The lowest BCUT2D eigenvalue weighted by molar-refractivity contribution is 0.152. The van der Waals surface area contributed by atoms with Crippen molar-refractivity contribution in [2.24, 2.45) is 5.92 Å². The third-order valence-corrected chi connectivity index (χ3v) is 5.48. The maximum Gasteiger partial charge on any atom is 0.0240 e. The van der Waals surface area contributed by atoms with Gasteiger partial charge in [-0.25, -0.2) is 0 Å². The summed E-state index contributed by atoms with van der Waals surface area (Å²) in [4.78, 5) is 2.67. The summed E-state index contributed by atoms with van der Waals surface area (Å²) in [6.07, 6.45) is 8.55. The van der Waals surface area contributed by atoms with E-state index in [0.717, 1.165) is 19.0 Å². The highest BCUT2D eigenvalue weighted by Crippen LogP contribution is 2.29. The molecule has 1 aliphatic carbocycles. The maximum absolute atomic E-state index is 2.67. The molecule has 0 unspecified atom stereocenters. The van der Waals surface area contributed by atoms with E-state index in [-0.39, 0.29) is 0 Å². The van der Waals surface area contributed by atoms with E-state index in [9.17, 15) is 0 Å². The Kier molecular flexibility index (Phi) is 6.48. The minimum absolute atomic E-state index is 0.633. The average molecular weight is 322 g/mol. The first-order valence-corrected chi connectivity index (χ1v) is 9.63. The number of hydrogen-bond acceptors (Lipinski definition) is 1. The summed E-state index contributed by atoms with van der Waals surface area (Å²) in [5.41, 5.74) is 2.84. The molecule has 0 N–H and O–H groups in total. The molecule has 0 aliphatic heterocycles. The zero-order valence-corrected chi connectivity index (χ0v) is 15.0. The van der Waals surface area contributed by atoms with Gasteiger partial charge in [-0.1, -0.05) is 92.8 Å². The Labute approximate surface area is 147 Å². The topological polar surface area (TPSA) is 3.24 Å². The smallest absolute Gasteiger partial charge is 0.0240 e. The fraction of sp³-hybridized carbons (Fsp3) is 0.478. The summed E-state index contributed by atoms with van der Waals surface area (Å²) in [5, 5.41) is 0. The second kappa shape index (κ2) is 9.03. The van der Waals surface area contributed by atoms with Crippen LogP contribution in [0, 0.1) is 5.92 Å². The van der Waals surface area contributed by atoms with E-state index in [1.165, 1.54) is 49.7 Å². The number of nitrogens with zero attached hydrogens (tertiary/aromatic N) is 1. The Bertz CT molecular complexity index is 530. The molecule has 1 saturated carbocycles. The highest BCUT2D eigenvalue weighted by Gasteiger charge is 2.21. The second-order valence-corrected chi connectivity index (χ2v) is 7.46. The van der Waals surface area contributed by atoms with Crippen LogP contribution in [0.2, 0.25) is 0 Å². The van der Waals surface area contributed by atoms with Gasteiger partial charge >= 0.3 is 0 Å². The van der Waals surface area contributed by atoms with Gasteiger partial charge in [0.2, 0.25) is 0 Å². The number of rotatable bonds is 7. The van der Waals surface area contributed by atoms with Gasteiger partial charge in [0, 0.05) is 19.1 Å². The van der Waals surface area contributed by atoms with E-state index in [1.807, 2.05) is 0 Å². The number of hydrogen-bond donors (Lipinski definition) is 0. The lowest BCUT2D eigenvalue weighted by atomic mass is 9.84. The molecule has 1 nitrogen and oxygen atoms in total. The molecule has 0 radical (unpaired) electrons. The molecule has 0 spiro atoms. The van der Waals surface area contributed by atoms with Crippen LogP contribution < -0.4 is 0 Å². The zero-order valence-electron chi connectivity index (χ0n) is 15.0.